The van der Waals surface area contributed by atoms with Crippen molar-refractivity contribution in [3.05, 3.63) is 29.8 Å². The SMILES string of the molecule is CCOCCCNC(N)=NCc1ccc(N2CCC(C)CC2)cc1. The van der Waals surface area contributed by atoms with Crippen molar-refractivity contribution in [2.24, 2.45) is 16.6 Å². The first-order chi connectivity index (χ1) is 11.7. The van der Waals surface area contributed by atoms with Gasteiger partial charge in [0.15, 0.2) is 5.96 Å². The number of hydrogen-bond acceptors (Lipinski definition) is 3. The zero-order valence-electron chi connectivity index (χ0n) is 15.1. The molecular formula is C19H32N4O. The van der Waals surface area contributed by atoms with Crippen molar-refractivity contribution in [2.45, 2.75) is 39.7 Å². The maximum atomic E-state index is 5.89. The average Bonchev–Trinajstić information content (AvgIpc) is 2.61. The van der Waals surface area contributed by atoms with Gasteiger partial charge in [-0.2, -0.15) is 0 Å². The maximum absolute atomic E-state index is 5.89. The van der Waals surface area contributed by atoms with Crippen LogP contribution in [-0.2, 0) is 11.3 Å². The molecule has 1 heterocycles. The Balaban J connectivity index is 1.73. The molecule has 0 atom stereocenters. The van der Waals surface area contributed by atoms with Gasteiger partial charge in [-0.05, 0) is 49.8 Å². The Kier molecular flexibility index (Phi) is 7.89. The molecule has 5 nitrogen and oxygen atoms in total. The van der Waals surface area contributed by atoms with Crippen LogP contribution in [0.3, 0.4) is 0 Å². The van der Waals surface area contributed by atoms with E-state index in [0.717, 1.165) is 45.2 Å². The van der Waals surface area contributed by atoms with Gasteiger partial charge in [-0.15, -0.1) is 0 Å². The number of nitrogens with two attached hydrogens (primary N) is 1. The summed E-state index contributed by atoms with van der Waals surface area (Å²) < 4.78 is 5.29. The number of ether oxygens (including phenoxy) is 1. The van der Waals surface area contributed by atoms with Crippen molar-refractivity contribution < 1.29 is 4.74 Å². The van der Waals surface area contributed by atoms with Crippen molar-refractivity contribution in [3.63, 3.8) is 0 Å². The first kappa shape index (κ1) is 18.6. The maximum Gasteiger partial charge on any atom is 0.188 e. The van der Waals surface area contributed by atoms with E-state index >= 15 is 0 Å². The van der Waals surface area contributed by atoms with Gasteiger partial charge in [0.25, 0.3) is 0 Å². The van der Waals surface area contributed by atoms with E-state index in [1.54, 1.807) is 0 Å². The lowest BCUT2D eigenvalue weighted by atomic mass is 9.99. The van der Waals surface area contributed by atoms with E-state index in [1.165, 1.54) is 24.1 Å². The number of hydrogen-bond donors (Lipinski definition) is 2. The monoisotopic (exact) mass is 332 g/mol. The summed E-state index contributed by atoms with van der Waals surface area (Å²) in [5.41, 5.74) is 8.39. The topological polar surface area (TPSA) is 62.9 Å². The van der Waals surface area contributed by atoms with Crippen molar-refractivity contribution in [2.75, 3.05) is 37.7 Å². The summed E-state index contributed by atoms with van der Waals surface area (Å²) in [6.07, 6.45) is 3.52. The molecular weight excluding hydrogens is 300 g/mol. The average molecular weight is 332 g/mol. The molecule has 1 saturated heterocycles. The molecule has 0 saturated carbocycles. The lowest BCUT2D eigenvalue weighted by Gasteiger charge is -2.32. The van der Waals surface area contributed by atoms with E-state index in [0.29, 0.717) is 12.5 Å². The Bertz CT molecular complexity index is 493. The van der Waals surface area contributed by atoms with E-state index in [1.807, 2.05) is 6.92 Å². The lowest BCUT2D eigenvalue weighted by molar-refractivity contribution is 0.145. The van der Waals surface area contributed by atoms with Crippen molar-refractivity contribution in [1.29, 1.82) is 0 Å². The molecule has 24 heavy (non-hydrogen) atoms. The third-order valence-corrected chi connectivity index (χ3v) is 4.49. The van der Waals surface area contributed by atoms with E-state index < -0.39 is 0 Å². The van der Waals surface area contributed by atoms with Crippen LogP contribution in [0.2, 0.25) is 0 Å². The smallest absolute Gasteiger partial charge is 0.188 e. The van der Waals surface area contributed by atoms with Crippen LogP contribution in [0.1, 0.15) is 38.7 Å². The number of aliphatic imine (C=N–C) groups is 1. The molecule has 0 aliphatic carbocycles. The fourth-order valence-corrected chi connectivity index (χ4v) is 2.85. The molecule has 1 aliphatic heterocycles. The summed E-state index contributed by atoms with van der Waals surface area (Å²) in [6.45, 7) is 9.59. The van der Waals surface area contributed by atoms with Gasteiger partial charge in [0.1, 0.15) is 0 Å². The Morgan fingerprint density at radius 2 is 2.00 bits per heavy atom. The molecule has 0 unspecified atom stereocenters. The third kappa shape index (κ3) is 6.40. The van der Waals surface area contributed by atoms with Crippen LogP contribution in [0.4, 0.5) is 5.69 Å². The van der Waals surface area contributed by atoms with Gasteiger partial charge in [0.2, 0.25) is 0 Å². The van der Waals surface area contributed by atoms with Gasteiger partial charge in [-0.3, -0.25) is 0 Å². The number of piperidine rings is 1. The third-order valence-electron chi connectivity index (χ3n) is 4.49. The zero-order valence-corrected chi connectivity index (χ0v) is 15.1. The Labute approximate surface area is 146 Å². The standard InChI is InChI=1S/C19H32N4O/c1-3-24-14-4-11-21-19(20)22-15-17-5-7-18(8-6-17)23-12-9-16(2)10-13-23/h5-8,16H,3-4,9-15H2,1-2H3,(H3,20,21,22). The Hall–Kier alpha value is -1.75. The summed E-state index contributed by atoms with van der Waals surface area (Å²) in [4.78, 5) is 6.87. The van der Waals surface area contributed by atoms with Crippen LogP contribution in [-0.4, -0.2) is 38.8 Å². The molecule has 3 N–H and O–H groups in total. The highest BCUT2D eigenvalue weighted by Gasteiger charge is 2.15. The van der Waals surface area contributed by atoms with Crippen LogP contribution >= 0.6 is 0 Å². The summed E-state index contributed by atoms with van der Waals surface area (Å²) in [7, 11) is 0. The molecule has 134 valence electrons. The summed E-state index contributed by atoms with van der Waals surface area (Å²) >= 11 is 0. The number of benzene rings is 1. The minimum absolute atomic E-state index is 0.501. The lowest BCUT2D eigenvalue weighted by Crippen LogP contribution is -2.33. The predicted octanol–water partition coefficient (Wildman–Crippen LogP) is 2.75. The second-order valence-electron chi connectivity index (χ2n) is 6.51. The second kappa shape index (κ2) is 10.2. The molecule has 0 radical (unpaired) electrons. The van der Waals surface area contributed by atoms with Crippen LogP contribution in [0.5, 0.6) is 0 Å². The largest absolute Gasteiger partial charge is 0.382 e. The molecule has 0 bridgehead atoms. The summed E-state index contributed by atoms with van der Waals surface area (Å²) in [5, 5.41) is 3.12. The Morgan fingerprint density at radius 3 is 2.67 bits per heavy atom. The van der Waals surface area contributed by atoms with Gasteiger partial charge in [0, 0.05) is 38.5 Å². The quantitative estimate of drug-likeness (QED) is 0.436. The van der Waals surface area contributed by atoms with Crippen LogP contribution in [0.15, 0.2) is 29.3 Å². The molecule has 0 aromatic heterocycles. The highest BCUT2D eigenvalue weighted by atomic mass is 16.5. The van der Waals surface area contributed by atoms with Crippen LogP contribution < -0.4 is 16.0 Å². The molecule has 0 spiro atoms. The van der Waals surface area contributed by atoms with Crippen molar-refractivity contribution in [3.8, 4) is 0 Å². The minimum atomic E-state index is 0.501. The second-order valence-corrected chi connectivity index (χ2v) is 6.51. The number of nitrogens with one attached hydrogen (secondary N) is 1. The molecule has 1 aromatic carbocycles. The van der Waals surface area contributed by atoms with Crippen molar-refractivity contribution in [1.82, 2.24) is 5.32 Å². The highest BCUT2D eigenvalue weighted by Crippen LogP contribution is 2.23. The first-order valence-electron chi connectivity index (χ1n) is 9.14. The molecule has 2 rings (SSSR count). The van der Waals surface area contributed by atoms with Crippen molar-refractivity contribution >= 4 is 11.6 Å². The molecule has 1 aromatic rings. The summed E-state index contributed by atoms with van der Waals surface area (Å²) in [5.74, 6) is 1.36. The van der Waals surface area contributed by atoms with Gasteiger partial charge >= 0.3 is 0 Å². The molecule has 0 amide bonds. The minimum Gasteiger partial charge on any atom is -0.382 e. The zero-order chi connectivity index (χ0) is 17.2. The van der Waals surface area contributed by atoms with Gasteiger partial charge in [0.05, 0.1) is 6.54 Å². The summed E-state index contributed by atoms with van der Waals surface area (Å²) in [6, 6.07) is 8.71. The van der Waals surface area contributed by atoms with E-state index in [9.17, 15) is 0 Å². The number of nitrogens with zero attached hydrogens (tertiary/aromatic N) is 2. The Morgan fingerprint density at radius 1 is 1.29 bits per heavy atom. The van der Waals surface area contributed by atoms with Crippen LogP contribution in [0, 0.1) is 5.92 Å². The number of anilines is 1. The molecule has 5 heteroatoms. The molecule has 1 fully saturated rings. The highest BCUT2D eigenvalue weighted by molar-refractivity contribution is 5.77. The normalized spacial score (nSPS) is 16.4. The first-order valence-corrected chi connectivity index (χ1v) is 9.14. The number of rotatable bonds is 8. The predicted molar refractivity (Wildman–Crippen MR) is 101 cm³/mol. The van der Waals surface area contributed by atoms with Gasteiger partial charge in [-0.1, -0.05) is 19.1 Å². The van der Waals surface area contributed by atoms with E-state index in [4.69, 9.17) is 10.5 Å². The van der Waals surface area contributed by atoms with E-state index in [2.05, 4.69) is 46.4 Å². The van der Waals surface area contributed by atoms with Gasteiger partial charge < -0.3 is 20.7 Å². The fraction of sp³-hybridized carbons (Fsp3) is 0.632. The van der Waals surface area contributed by atoms with Gasteiger partial charge in [-0.25, -0.2) is 4.99 Å². The fourth-order valence-electron chi connectivity index (χ4n) is 2.85. The number of guanidine groups is 1. The van der Waals surface area contributed by atoms with E-state index in [-0.39, 0.29) is 0 Å². The van der Waals surface area contributed by atoms with Crippen LogP contribution in [0.25, 0.3) is 0 Å². The molecule has 1 aliphatic rings.